The fourth-order valence-corrected chi connectivity index (χ4v) is 5.51. The van der Waals surface area contributed by atoms with E-state index in [9.17, 15) is 0 Å². The van der Waals surface area contributed by atoms with Gasteiger partial charge in [-0.05, 0) is 104 Å². The van der Waals surface area contributed by atoms with Crippen LogP contribution in [0, 0.1) is 16.2 Å². The van der Waals surface area contributed by atoms with Gasteiger partial charge in [-0.3, -0.25) is 0 Å². The zero-order valence-corrected chi connectivity index (χ0v) is 35.7. The van der Waals surface area contributed by atoms with Crippen LogP contribution in [-0.2, 0) is 47.4 Å². The van der Waals surface area contributed by atoms with Crippen LogP contribution in [-0.4, -0.2) is 184 Å². The predicted molar refractivity (Wildman–Crippen MR) is 225 cm³/mol. The summed E-state index contributed by atoms with van der Waals surface area (Å²) in [6, 6.07) is 0. The molecule has 57 heavy (non-hydrogen) atoms. The minimum absolute atomic E-state index is 0.244. The maximum absolute atomic E-state index is 6.69. The monoisotopic (exact) mass is 829 g/mol. The smallest absolute Gasteiger partial charge is 0.0637 e. The van der Waals surface area contributed by atoms with Crippen molar-refractivity contribution in [3.8, 4) is 0 Å². The van der Waals surface area contributed by atoms with E-state index in [1.165, 1.54) is 0 Å². The largest absolute Gasteiger partial charge is 0.381 e. The number of ether oxygens (including phenoxy) is 10. The van der Waals surface area contributed by atoms with Gasteiger partial charge in [-0.1, -0.05) is 0 Å². The topological polar surface area (TPSA) is 300 Å². The molecule has 0 aliphatic heterocycles. The molecule has 0 rings (SSSR count). The molecule has 16 N–H and O–H groups in total. The fourth-order valence-electron chi connectivity index (χ4n) is 5.51. The van der Waals surface area contributed by atoms with Gasteiger partial charge in [-0.25, -0.2) is 0 Å². The lowest BCUT2D eigenvalue weighted by Crippen LogP contribution is -2.47. The molecule has 0 aromatic heterocycles. The quantitative estimate of drug-likeness (QED) is 0.0338. The van der Waals surface area contributed by atoms with Crippen LogP contribution in [0.15, 0.2) is 0 Å². The third-order valence-corrected chi connectivity index (χ3v) is 8.84. The minimum Gasteiger partial charge on any atom is -0.381 e. The number of nitrogens with two attached hydrogens (primary N) is 8. The molecule has 0 fully saturated rings. The Bertz CT molecular complexity index is 705. The van der Waals surface area contributed by atoms with Crippen molar-refractivity contribution in [2.24, 2.45) is 62.1 Å². The summed E-state index contributed by atoms with van der Waals surface area (Å²) in [6.07, 6.45) is 5.80. The fraction of sp³-hybridized carbons (Fsp3) is 1.00. The highest BCUT2D eigenvalue weighted by Crippen LogP contribution is 2.28. The van der Waals surface area contributed by atoms with Gasteiger partial charge in [-0.15, -0.1) is 0 Å². The highest BCUT2D eigenvalue weighted by atomic mass is 16.5. The van der Waals surface area contributed by atoms with Gasteiger partial charge in [0.25, 0.3) is 0 Å². The molecule has 0 aliphatic carbocycles. The second-order valence-corrected chi connectivity index (χ2v) is 15.0. The highest BCUT2D eigenvalue weighted by Gasteiger charge is 2.39. The second kappa shape index (κ2) is 40.7. The lowest BCUT2D eigenvalue weighted by molar-refractivity contribution is -0.156. The van der Waals surface area contributed by atoms with Crippen molar-refractivity contribution in [2.45, 2.75) is 51.4 Å². The van der Waals surface area contributed by atoms with Crippen LogP contribution >= 0.6 is 0 Å². The third kappa shape index (κ3) is 30.9. The molecular formula is C39H88N8O10. The van der Waals surface area contributed by atoms with E-state index in [-0.39, 0.29) is 26.4 Å². The van der Waals surface area contributed by atoms with E-state index in [4.69, 9.17) is 93.2 Å². The first-order chi connectivity index (χ1) is 27.9. The van der Waals surface area contributed by atoms with E-state index < -0.39 is 16.2 Å². The summed E-state index contributed by atoms with van der Waals surface area (Å²) in [4.78, 5) is 0. The van der Waals surface area contributed by atoms with Crippen molar-refractivity contribution in [1.29, 1.82) is 0 Å². The molecule has 0 atom stereocenters. The molecule has 0 amide bonds. The predicted octanol–water partition coefficient (Wildman–Crippen LogP) is -1.10. The molecule has 0 saturated heterocycles. The van der Waals surface area contributed by atoms with Gasteiger partial charge in [0.15, 0.2) is 0 Å². The van der Waals surface area contributed by atoms with E-state index in [0.717, 1.165) is 38.5 Å². The standard InChI is InChI=1S/C39H88N8O10/c40-9-1-17-48-25-37(26-49-18-2-10-41,27-50-19-3-11-42)33-56-35-39(31-54-23-7-15-46,32-55-24-8-16-47)36-57-34-38(28-51-20-4-12-43,29-52-21-5-13-44)30-53-22-6-14-45/h1-36,40-47H2. The lowest BCUT2D eigenvalue weighted by Gasteiger charge is -2.38. The molecule has 18 nitrogen and oxygen atoms in total. The zero-order valence-electron chi connectivity index (χ0n) is 35.7. The van der Waals surface area contributed by atoms with E-state index in [2.05, 4.69) is 0 Å². The summed E-state index contributed by atoms with van der Waals surface area (Å²) in [7, 11) is 0. The molecule has 0 aromatic carbocycles. The minimum atomic E-state index is -0.719. The van der Waals surface area contributed by atoms with Gasteiger partial charge in [0.05, 0.1) is 95.5 Å². The molecular weight excluding hydrogens is 740 g/mol. The maximum atomic E-state index is 6.69. The van der Waals surface area contributed by atoms with Gasteiger partial charge >= 0.3 is 0 Å². The molecule has 0 spiro atoms. The van der Waals surface area contributed by atoms with Gasteiger partial charge < -0.3 is 93.2 Å². The van der Waals surface area contributed by atoms with E-state index in [1.807, 2.05) is 0 Å². The molecule has 0 bridgehead atoms. The van der Waals surface area contributed by atoms with Gasteiger partial charge in [-0.2, -0.15) is 0 Å². The van der Waals surface area contributed by atoms with E-state index >= 15 is 0 Å². The molecule has 344 valence electrons. The zero-order chi connectivity index (χ0) is 42.0. The first kappa shape index (κ1) is 56.3. The molecule has 0 aromatic rings. The molecule has 0 saturated carbocycles. The summed E-state index contributed by atoms with van der Waals surface area (Å²) in [5, 5.41) is 0. The number of rotatable bonds is 48. The van der Waals surface area contributed by atoms with E-state index in [0.29, 0.717) is 171 Å². The van der Waals surface area contributed by atoms with Crippen molar-refractivity contribution in [1.82, 2.24) is 0 Å². The number of hydrogen-bond acceptors (Lipinski definition) is 18. The maximum Gasteiger partial charge on any atom is 0.0637 e. The van der Waals surface area contributed by atoms with Gasteiger partial charge in [0.2, 0.25) is 0 Å². The first-order valence-corrected chi connectivity index (χ1v) is 21.3. The Kier molecular flexibility index (Phi) is 40.2. The highest BCUT2D eigenvalue weighted by molar-refractivity contribution is 4.85. The summed E-state index contributed by atoms with van der Waals surface area (Å²) >= 11 is 0. The second-order valence-electron chi connectivity index (χ2n) is 15.0. The van der Waals surface area contributed by atoms with Crippen molar-refractivity contribution in [3.05, 3.63) is 0 Å². The van der Waals surface area contributed by atoms with Crippen LogP contribution < -0.4 is 45.9 Å². The summed E-state index contributed by atoms with van der Waals surface area (Å²) in [5.41, 5.74) is 44.3. The number of hydrogen-bond donors (Lipinski definition) is 8. The van der Waals surface area contributed by atoms with Crippen molar-refractivity contribution < 1.29 is 47.4 Å². The van der Waals surface area contributed by atoms with Crippen LogP contribution in [0.3, 0.4) is 0 Å². The normalized spacial score (nSPS) is 12.6. The molecule has 0 aliphatic rings. The third-order valence-electron chi connectivity index (χ3n) is 8.84. The molecule has 18 heteroatoms. The molecule has 0 unspecified atom stereocenters. The first-order valence-electron chi connectivity index (χ1n) is 21.3. The average Bonchev–Trinajstić information content (AvgIpc) is 3.22. The van der Waals surface area contributed by atoms with Crippen molar-refractivity contribution in [2.75, 3.05) is 184 Å². The van der Waals surface area contributed by atoms with Crippen LogP contribution in [0.1, 0.15) is 51.4 Å². The Morgan fingerprint density at radius 2 is 0.316 bits per heavy atom. The molecule has 0 heterocycles. The Morgan fingerprint density at radius 3 is 0.439 bits per heavy atom. The summed E-state index contributed by atoms with van der Waals surface area (Å²) in [6.45, 7) is 11.9. The average molecular weight is 829 g/mol. The van der Waals surface area contributed by atoms with E-state index in [1.54, 1.807) is 0 Å². The van der Waals surface area contributed by atoms with Crippen LogP contribution in [0.5, 0.6) is 0 Å². The van der Waals surface area contributed by atoms with Crippen molar-refractivity contribution >= 4 is 0 Å². The Hall–Kier alpha value is -0.720. The SMILES string of the molecule is NCCCOCC(COCCCN)(COCCCN)COCC(COCCCN)(COCCCN)COCC(COCCCN)(COCCCN)COCCCN. The summed E-state index contributed by atoms with van der Waals surface area (Å²) in [5.74, 6) is 0. The Labute approximate surface area is 344 Å². The molecule has 0 radical (unpaired) electrons. The van der Waals surface area contributed by atoms with Crippen LogP contribution in [0.4, 0.5) is 0 Å². The summed E-state index contributed by atoms with van der Waals surface area (Å²) < 4.78 is 62.7. The Balaban J connectivity index is 6.54. The Morgan fingerprint density at radius 1 is 0.193 bits per heavy atom. The lowest BCUT2D eigenvalue weighted by atomic mass is 9.89. The van der Waals surface area contributed by atoms with Gasteiger partial charge in [0.1, 0.15) is 0 Å². The van der Waals surface area contributed by atoms with Crippen LogP contribution in [0.25, 0.3) is 0 Å². The van der Waals surface area contributed by atoms with Gasteiger partial charge in [0, 0.05) is 52.9 Å². The van der Waals surface area contributed by atoms with Crippen LogP contribution in [0.2, 0.25) is 0 Å². The van der Waals surface area contributed by atoms with Crippen molar-refractivity contribution in [3.63, 3.8) is 0 Å².